The molecule has 2 aliphatic rings. The highest BCUT2D eigenvalue weighted by atomic mass is 79.9. The summed E-state index contributed by atoms with van der Waals surface area (Å²) in [5, 5.41) is 3.55. The molecule has 2 fully saturated rings. The van der Waals surface area contributed by atoms with E-state index in [2.05, 4.69) is 43.3 Å². The topological polar surface area (TPSA) is 28.2 Å². The van der Waals surface area contributed by atoms with Gasteiger partial charge in [0, 0.05) is 29.6 Å². The third kappa shape index (κ3) is 2.63. The Morgan fingerprint density at radius 2 is 2.18 bits per heavy atom. The lowest BCUT2D eigenvalue weighted by Gasteiger charge is -2.16. The Balaban J connectivity index is 1.61. The summed E-state index contributed by atoms with van der Waals surface area (Å²) in [6, 6.07) is 5.58. The molecule has 3 nitrogen and oxygen atoms in total. The number of nitrogens with zero attached hydrogens (tertiary/aromatic N) is 2. The Hall–Kier alpha value is -0.610. The summed E-state index contributed by atoms with van der Waals surface area (Å²) in [7, 11) is 0. The van der Waals surface area contributed by atoms with Crippen LogP contribution in [0, 0.1) is 6.92 Å². The van der Waals surface area contributed by atoms with E-state index in [9.17, 15) is 0 Å². The van der Waals surface area contributed by atoms with Crippen molar-refractivity contribution in [1.29, 1.82) is 0 Å². The van der Waals surface area contributed by atoms with Crippen molar-refractivity contribution in [2.24, 2.45) is 0 Å². The Morgan fingerprint density at radius 1 is 1.35 bits per heavy atom. The summed E-state index contributed by atoms with van der Waals surface area (Å²) in [6.45, 7) is 4.46. The van der Waals surface area contributed by atoms with Crippen LogP contribution in [-0.2, 0) is 0 Å². The summed E-state index contributed by atoms with van der Waals surface area (Å²) >= 11 is 3.48. The molecular weight excluding hydrogens is 278 g/mol. The molecule has 0 radical (unpaired) electrons. The molecule has 92 valence electrons. The van der Waals surface area contributed by atoms with E-state index in [1.165, 1.54) is 32.4 Å². The number of pyridine rings is 1. The van der Waals surface area contributed by atoms with Gasteiger partial charge in [-0.05, 0) is 54.2 Å². The van der Waals surface area contributed by atoms with Gasteiger partial charge in [-0.15, -0.1) is 0 Å². The third-order valence-electron chi connectivity index (χ3n) is 3.66. The summed E-state index contributed by atoms with van der Waals surface area (Å²) in [5.41, 5.74) is 1.05. The van der Waals surface area contributed by atoms with Gasteiger partial charge in [0.15, 0.2) is 0 Å². The first kappa shape index (κ1) is 11.5. The van der Waals surface area contributed by atoms with Crippen molar-refractivity contribution in [3.63, 3.8) is 0 Å². The molecule has 2 heterocycles. The minimum Gasteiger partial charge on any atom is -0.366 e. The van der Waals surface area contributed by atoms with Crippen LogP contribution in [0.15, 0.2) is 16.6 Å². The van der Waals surface area contributed by atoms with Crippen LogP contribution in [0.2, 0.25) is 0 Å². The lowest BCUT2D eigenvalue weighted by molar-refractivity contribution is 0.326. The van der Waals surface area contributed by atoms with Crippen LogP contribution in [0.4, 0.5) is 5.82 Å². The Labute approximate surface area is 111 Å². The van der Waals surface area contributed by atoms with E-state index in [-0.39, 0.29) is 0 Å². The largest absolute Gasteiger partial charge is 0.366 e. The predicted octanol–water partition coefficient (Wildman–Crippen LogP) is 2.80. The van der Waals surface area contributed by atoms with Crippen LogP contribution < -0.4 is 5.32 Å². The molecule has 1 aromatic heterocycles. The molecular formula is C13H18BrN3. The van der Waals surface area contributed by atoms with Crippen LogP contribution in [0.25, 0.3) is 0 Å². The average Bonchev–Trinajstić information content (AvgIpc) is 3.06. The van der Waals surface area contributed by atoms with E-state index < -0.39 is 0 Å². The molecule has 1 aliphatic carbocycles. The Bertz CT molecular complexity index is 417. The zero-order chi connectivity index (χ0) is 11.8. The zero-order valence-electron chi connectivity index (χ0n) is 10.1. The molecule has 1 N–H and O–H groups in total. The van der Waals surface area contributed by atoms with E-state index in [1.807, 2.05) is 6.92 Å². The summed E-state index contributed by atoms with van der Waals surface area (Å²) in [4.78, 5) is 7.16. The summed E-state index contributed by atoms with van der Waals surface area (Å²) in [6.07, 6.45) is 4.05. The molecule has 0 spiro atoms. The Kier molecular flexibility index (Phi) is 3.09. The number of rotatable bonds is 3. The molecule has 1 aromatic rings. The number of anilines is 1. The van der Waals surface area contributed by atoms with Gasteiger partial charge in [0.2, 0.25) is 0 Å². The highest BCUT2D eigenvalue weighted by Gasteiger charge is 2.34. The van der Waals surface area contributed by atoms with Gasteiger partial charge in [-0.2, -0.15) is 0 Å². The third-order valence-corrected chi connectivity index (χ3v) is 4.49. The zero-order valence-corrected chi connectivity index (χ0v) is 11.7. The molecule has 17 heavy (non-hydrogen) atoms. The van der Waals surface area contributed by atoms with Gasteiger partial charge in [-0.1, -0.05) is 0 Å². The lowest BCUT2D eigenvalue weighted by Crippen LogP contribution is -2.28. The smallest absolute Gasteiger partial charge is 0.126 e. The minimum absolute atomic E-state index is 0.573. The second kappa shape index (κ2) is 4.58. The van der Waals surface area contributed by atoms with E-state index in [0.717, 1.165) is 22.0 Å². The monoisotopic (exact) mass is 295 g/mol. The molecule has 3 rings (SSSR count). The van der Waals surface area contributed by atoms with Gasteiger partial charge in [0.25, 0.3) is 0 Å². The molecule has 0 bridgehead atoms. The van der Waals surface area contributed by atoms with Gasteiger partial charge in [0.1, 0.15) is 5.82 Å². The molecule has 4 heteroatoms. The van der Waals surface area contributed by atoms with Crippen molar-refractivity contribution < 1.29 is 0 Å². The highest BCUT2D eigenvalue weighted by molar-refractivity contribution is 9.10. The van der Waals surface area contributed by atoms with E-state index >= 15 is 0 Å². The number of aromatic nitrogens is 1. The van der Waals surface area contributed by atoms with Crippen LogP contribution in [-0.4, -0.2) is 35.1 Å². The average molecular weight is 296 g/mol. The fourth-order valence-corrected chi connectivity index (χ4v) is 2.73. The second-order valence-electron chi connectivity index (χ2n) is 5.12. The Morgan fingerprint density at radius 3 is 2.88 bits per heavy atom. The summed E-state index contributed by atoms with van der Waals surface area (Å²) in [5.74, 6) is 1.01. The molecule has 1 atom stereocenters. The van der Waals surface area contributed by atoms with Crippen LogP contribution in [0.1, 0.15) is 25.0 Å². The first-order valence-electron chi connectivity index (χ1n) is 6.36. The van der Waals surface area contributed by atoms with Crippen molar-refractivity contribution in [1.82, 2.24) is 9.88 Å². The number of aryl methyl sites for hydroxylation is 1. The highest BCUT2D eigenvalue weighted by Crippen LogP contribution is 2.30. The standard InChI is InChI=1S/C13H18BrN3/c1-9-12(14)4-5-13(15-9)16-10-6-7-17(8-10)11-2-3-11/h4-5,10-11H,2-3,6-8H2,1H3,(H,15,16). The molecule has 1 saturated heterocycles. The minimum atomic E-state index is 0.573. The fourth-order valence-electron chi connectivity index (χ4n) is 2.51. The quantitative estimate of drug-likeness (QED) is 0.929. The van der Waals surface area contributed by atoms with Crippen molar-refractivity contribution in [2.45, 2.75) is 38.3 Å². The van der Waals surface area contributed by atoms with Crippen molar-refractivity contribution in [3.05, 3.63) is 22.3 Å². The molecule has 1 unspecified atom stereocenters. The van der Waals surface area contributed by atoms with Crippen LogP contribution in [0.3, 0.4) is 0 Å². The summed E-state index contributed by atoms with van der Waals surface area (Å²) < 4.78 is 1.08. The second-order valence-corrected chi connectivity index (χ2v) is 5.97. The SMILES string of the molecule is Cc1nc(NC2CCN(C3CC3)C2)ccc1Br. The molecule has 1 saturated carbocycles. The van der Waals surface area contributed by atoms with Gasteiger partial charge >= 0.3 is 0 Å². The molecule has 0 aromatic carbocycles. The maximum absolute atomic E-state index is 4.55. The number of hydrogen-bond acceptors (Lipinski definition) is 3. The van der Waals surface area contributed by atoms with Crippen molar-refractivity contribution in [2.75, 3.05) is 18.4 Å². The molecule has 0 amide bonds. The van der Waals surface area contributed by atoms with E-state index in [4.69, 9.17) is 0 Å². The lowest BCUT2D eigenvalue weighted by atomic mass is 10.2. The van der Waals surface area contributed by atoms with Crippen LogP contribution in [0.5, 0.6) is 0 Å². The normalized spacial score (nSPS) is 25.2. The molecule has 1 aliphatic heterocycles. The predicted molar refractivity (Wildman–Crippen MR) is 73.3 cm³/mol. The number of likely N-dealkylation sites (tertiary alicyclic amines) is 1. The van der Waals surface area contributed by atoms with Crippen molar-refractivity contribution >= 4 is 21.7 Å². The van der Waals surface area contributed by atoms with Crippen molar-refractivity contribution in [3.8, 4) is 0 Å². The van der Waals surface area contributed by atoms with Gasteiger partial charge in [0.05, 0.1) is 5.69 Å². The first-order chi connectivity index (χ1) is 8.22. The maximum Gasteiger partial charge on any atom is 0.126 e. The number of halogens is 1. The van der Waals surface area contributed by atoms with E-state index in [0.29, 0.717) is 6.04 Å². The number of hydrogen-bond donors (Lipinski definition) is 1. The van der Waals surface area contributed by atoms with Gasteiger partial charge in [-0.3, -0.25) is 4.90 Å². The first-order valence-corrected chi connectivity index (χ1v) is 7.15. The number of nitrogens with one attached hydrogen (secondary N) is 1. The van der Waals surface area contributed by atoms with E-state index in [1.54, 1.807) is 0 Å². The van der Waals surface area contributed by atoms with Gasteiger partial charge in [-0.25, -0.2) is 4.98 Å². The maximum atomic E-state index is 4.55. The van der Waals surface area contributed by atoms with Gasteiger partial charge < -0.3 is 5.32 Å². The van der Waals surface area contributed by atoms with Crippen LogP contribution >= 0.6 is 15.9 Å². The fraction of sp³-hybridized carbons (Fsp3) is 0.615.